The smallest absolute Gasteiger partial charge is 0.339 e. The summed E-state index contributed by atoms with van der Waals surface area (Å²) in [6, 6.07) is 3.49. The molecule has 6 nitrogen and oxygen atoms in total. The second-order valence-corrected chi connectivity index (χ2v) is 3.36. The molecule has 2 aromatic rings. The highest BCUT2D eigenvalue weighted by molar-refractivity contribution is 5.92. The molecule has 84 valence electrons. The third kappa shape index (κ3) is 1.74. The Morgan fingerprint density at radius 3 is 2.88 bits per heavy atom. The molecule has 0 aliphatic rings. The van der Waals surface area contributed by atoms with E-state index in [2.05, 4.69) is 9.97 Å². The predicted molar refractivity (Wildman–Crippen MR) is 57.8 cm³/mol. The number of hydrogen-bond donors (Lipinski definition) is 1. The Balaban J connectivity index is 2.73. The predicted octanol–water partition coefficient (Wildman–Crippen LogP) is 1.15. The average molecular weight is 228 g/mol. The highest BCUT2D eigenvalue weighted by atomic mass is 16.4. The molecule has 2 rings (SSSR count). The summed E-state index contributed by atoms with van der Waals surface area (Å²) in [5.41, 5.74) is 0.655. The first-order valence-electron chi connectivity index (χ1n) is 4.78. The van der Waals surface area contributed by atoms with Crippen LogP contribution >= 0.6 is 0 Å². The Hall–Kier alpha value is -2.68. The van der Waals surface area contributed by atoms with Gasteiger partial charge in [0.2, 0.25) is 5.82 Å². The molecule has 17 heavy (non-hydrogen) atoms. The normalized spacial score (nSPS) is 9.88. The topological polar surface area (TPSA) is 91.8 Å². The molecular weight excluding hydrogens is 220 g/mol. The first-order valence-corrected chi connectivity index (χ1v) is 4.78. The lowest BCUT2D eigenvalue weighted by molar-refractivity contribution is 0.0695. The molecule has 6 heteroatoms. The van der Waals surface area contributed by atoms with E-state index in [-0.39, 0.29) is 17.2 Å². The second-order valence-electron chi connectivity index (χ2n) is 3.36. The van der Waals surface area contributed by atoms with Gasteiger partial charge in [0.1, 0.15) is 11.6 Å². The van der Waals surface area contributed by atoms with E-state index in [1.165, 1.54) is 23.2 Å². The maximum atomic E-state index is 11.2. The molecule has 0 aliphatic heterocycles. The van der Waals surface area contributed by atoms with Crippen molar-refractivity contribution in [3.63, 3.8) is 0 Å². The number of rotatable bonds is 2. The van der Waals surface area contributed by atoms with Crippen molar-refractivity contribution in [3.8, 4) is 11.9 Å². The van der Waals surface area contributed by atoms with Crippen molar-refractivity contribution in [2.75, 3.05) is 0 Å². The fraction of sp³-hybridized carbons (Fsp3) is 0.0909. The van der Waals surface area contributed by atoms with E-state index in [9.17, 15) is 4.79 Å². The van der Waals surface area contributed by atoms with Gasteiger partial charge in [-0.05, 0) is 18.6 Å². The molecule has 1 N–H and O–H groups in total. The fourth-order valence-corrected chi connectivity index (χ4v) is 1.55. The van der Waals surface area contributed by atoms with Crippen LogP contribution in [0.4, 0.5) is 0 Å². The van der Waals surface area contributed by atoms with E-state index in [0.29, 0.717) is 5.56 Å². The van der Waals surface area contributed by atoms with E-state index in [0.717, 1.165) is 0 Å². The molecule has 0 saturated heterocycles. The third-order valence-electron chi connectivity index (χ3n) is 2.32. The first kappa shape index (κ1) is 10.8. The van der Waals surface area contributed by atoms with Crippen molar-refractivity contribution in [1.82, 2.24) is 14.5 Å². The second kappa shape index (κ2) is 4.06. The fourth-order valence-electron chi connectivity index (χ4n) is 1.55. The Morgan fingerprint density at radius 1 is 1.47 bits per heavy atom. The number of nitrogens with zero attached hydrogens (tertiary/aromatic N) is 4. The number of hydrogen-bond acceptors (Lipinski definition) is 4. The van der Waals surface area contributed by atoms with Gasteiger partial charge in [0.05, 0.1) is 0 Å². The number of nitriles is 1. The number of pyridine rings is 1. The summed E-state index contributed by atoms with van der Waals surface area (Å²) in [4.78, 5) is 19.0. The van der Waals surface area contributed by atoms with Crippen LogP contribution in [0.5, 0.6) is 0 Å². The van der Waals surface area contributed by atoms with E-state index in [4.69, 9.17) is 10.4 Å². The minimum Gasteiger partial charge on any atom is -0.478 e. The minimum absolute atomic E-state index is 0.0713. The number of aromatic carboxylic acids is 1. The van der Waals surface area contributed by atoms with Gasteiger partial charge in [0.25, 0.3) is 0 Å². The van der Waals surface area contributed by atoms with Crippen LogP contribution < -0.4 is 0 Å². The van der Waals surface area contributed by atoms with Gasteiger partial charge < -0.3 is 5.11 Å². The van der Waals surface area contributed by atoms with Crippen LogP contribution in [-0.2, 0) is 0 Å². The number of carboxylic acid groups (broad SMARTS) is 1. The van der Waals surface area contributed by atoms with Gasteiger partial charge in [0.15, 0.2) is 5.82 Å². The molecule has 0 radical (unpaired) electrons. The van der Waals surface area contributed by atoms with E-state index < -0.39 is 5.97 Å². The highest BCUT2D eigenvalue weighted by Gasteiger charge is 2.17. The van der Waals surface area contributed by atoms with Crippen LogP contribution in [0.25, 0.3) is 5.82 Å². The van der Waals surface area contributed by atoms with Crippen molar-refractivity contribution < 1.29 is 9.90 Å². The molecule has 0 saturated carbocycles. The standard InChI is InChI=1S/C11H8N4O2/c1-7-2-3-14-10(9(7)11(16)17)15-5-4-13-8(15)6-12/h2-5H,1H3,(H,16,17). The van der Waals surface area contributed by atoms with Crippen LogP contribution in [-0.4, -0.2) is 25.6 Å². The zero-order valence-electron chi connectivity index (χ0n) is 8.95. The van der Waals surface area contributed by atoms with Crippen molar-refractivity contribution in [1.29, 1.82) is 5.26 Å². The molecule has 0 spiro atoms. The number of aryl methyl sites for hydroxylation is 1. The van der Waals surface area contributed by atoms with Gasteiger partial charge in [-0.1, -0.05) is 0 Å². The minimum atomic E-state index is -1.08. The van der Waals surface area contributed by atoms with Crippen molar-refractivity contribution in [2.45, 2.75) is 6.92 Å². The monoisotopic (exact) mass is 228 g/mol. The van der Waals surface area contributed by atoms with Crippen molar-refractivity contribution in [3.05, 3.63) is 41.6 Å². The molecule has 0 unspecified atom stereocenters. The summed E-state index contributed by atoms with van der Waals surface area (Å²) >= 11 is 0. The Kier molecular flexibility index (Phi) is 2.58. The summed E-state index contributed by atoms with van der Waals surface area (Å²) in [5.74, 6) is -0.777. The molecule has 0 bridgehead atoms. The molecule has 2 heterocycles. The Morgan fingerprint density at radius 2 is 2.24 bits per heavy atom. The number of imidazole rings is 1. The lowest BCUT2D eigenvalue weighted by Gasteiger charge is -2.08. The maximum absolute atomic E-state index is 11.2. The zero-order chi connectivity index (χ0) is 12.4. The highest BCUT2D eigenvalue weighted by Crippen LogP contribution is 2.17. The molecule has 2 aromatic heterocycles. The lowest BCUT2D eigenvalue weighted by Crippen LogP contribution is -2.10. The number of carboxylic acids is 1. The largest absolute Gasteiger partial charge is 0.478 e. The van der Waals surface area contributed by atoms with E-state index >= 15 is 0 Å². The van der Waals surface area contributed by atoms with Crippen molar-refractivity contribution >= 4 is 5.97 Å². The summed E-state index contributed by atoms with van der Waals surface area (Å²) < 4.78 is 1.36. The zero-order valence-corrected chi connectivity index (χ0v) is 8.95. The van der Waals surface area contributed by atoms with Crippen LogP contribution in [0, 0.1) is 18.3 Å². The quantitative estimate of drug-likeness (QED) is 0.832. The summed E-state index contributed by atoms with van der Waals surface area (Å²) in [7, 11) is 0. The van der Waals surface area contributed by atoms with Crippen LogP contribution in [0.2, 0.25) is 0 Å². The molecule has 0 fully saturated rings. The molecule has 0 atom stereocenters. The van der Waals surface area contributed by atoms with E-state index in [1.54, 1.807) is 13.0 Å². The third-order valence-corrected chi connectivity index (χ3v) is 2.32. The van der Waals surface area contributed by atoms with Gasteiger partial charge >= 0.3 is 5.97 Å². The SMILES string of the molecule is Cc1ccnc(-n2ccnc2C#N)c1C(=O)O. The van der Waals surface area contributed by atoms with Crippen LogP contribution in [0.1, 0.15) is 21.7 Å². The summed E-state index contributed by atoms with van der Waals surface area (Å²) in [6.45, 7) is 1.68. The summed E-state index contributed by atoms with van der Waals surface area (Å²) in [5, 5.41) is 18.0. The molecule has 0 aliphatic carbocycles. The van der Waals surface area contributed by atoms with Gasteiger partial charge in [-0.2, -0.15) is 5.26 Å². The lowest BCUT2D eigenvalue weighted by atomic mass is 10.1. The Labute approximate surface area is 96.8 Å². The van der Waals surface area contributed by atoms with Crippen LogP contribution in [0.15, 0.2) is 24.7 Å². The molecular formula is C11H8N4O2. The van der Waals surface area contributed by atoms with Gasteiger partial charge in [0, 0.05) is 18.6 Å². The molecule has 0 amide bonds. The van der Waals surface area contributed by atoms with Crippen LogP contribution in [0.3, 0.4) is 0 Å². The first-order chi connectivity index (χ1) is 8.15. The van der Waals surface area contributed by atoms with Gasteiger partial charge in [-0.15, -0.1) is 0 Å². The maximum Gasteiger partial charge on any atom is 0.339 e. The Bertz CT molecular complexity index is 625. The van der Waals surface area contributed by atoms with Crippen molar-refractivity contribution in [2.24, 2.45) is 0 Å². The van der Waals surface area contributed by atoms with Gasteiger partial charge in [-0.25, -0.2) is 14.8 Å². The summed E-state index contributed by atoms with van der Waals surface area (Å²) in [6.07, 6.45) is 4.43. The van der Waals surface area contributed by atoms with E-state index in [1.807, 2.05) is 6.07 Å². The average Bonchev–Trinajstić information content (AvgIpc) is 2.75. The number of carbonyl (C=O) groups is 1. The molecule has 0 aromatic carbocycles. The number of aromatic nitrogens is 3. The van der Waals surface area contributed by atoms with Gasteiger partial charge in [-0.3, -0.25) is 4.57 Å².